The fraction of sp³-hybridized carbons (Fsp3) is 0.636. The molecule has 1 aliphatic rings. The number of alkyl halides is 2. The van der Waals surface area contributed by atoms with Crippen molar-refractivity contribution in [1.29, 1.82) is 0 Å². The number of hydrogen-bond donors (Lipinski definition) is 3. The zero-order valence-electron chi connectivity index (χ0n) is 10.5. The normalized spacial score (nSPS) is 23.6. The molecule has 2 atom stereocenters. The van der Waals surface area contributed by atoms with E-state index in [1.165, 1.54) is 11.3 Å². The van der Waals surface area contributed by atoms with Crippen LogP contribution in [0.3, 0.4) is 0 Å². The Morgan fingerprint density at radius 1 is 1.26 bits per heavy atom. The zero-order chi connectivity index (χ0) is 14.0. The van der Waals surface area contributed by atoms with Crippen LogP contribution in [0.5, 0.6) is 0 Å². The number of hydrogen-bond acceptors (Lipinski definition) is 6. The molecule has 0 bridgehead atoms. The Morgan fingerprint density at radius 2 is 2.00 bits per heavy atom. The summed E-state index contributed by atoms with van der Waals surface area (Å²) in [4.78, 5) is 7.73. The number of nitrogens with two attached hydrogens (primary N) is 3. The highest BCUT2D eigenvalue weighted by atomic mass is 19.3. The molecule has 1 aliphatic carbocycles. The molecule has 0 saturated heterocycles. The van der Waals surface area contributed by atoms with Crippen LogP contribution in [-0.4, -0.2) is 22.4 Å². The van der Waals surface area contributed by atoms with Gasteiger partial charge in [0.1, 0.15) is 12.0 Å². The SMILES string of the molecule is Nc1ncnc(N(N)C2CCCC(C(F)F)C2)c1N. The smallest absolute Gasteiger partial charge is 0.241 e. The van der Waals surface area contributed by atoms with E-state index in [1.807, 2.05) is 0 Å². The Kier molecular flexibility index (Phi) is 3.98. The van der Waals surface area contributed by atoms with Crippen molar-refractivity contribution < 1.29 is 8.78 Å². The monoisotopic (exact) mass is 272 g/mol. The minimum atomic E-state index is -2.32. The maximum absolute atomic E-state index is 12.8. The number of hydrazine groups is 1. The first kappa shape index (κ1) is 13.7. The van der Waals surface area contributed by atoms with Gasteiger partial charge in [0.15, 0.2) is 11.6 Å². The Morgan fingerprint density at radius 3 is 2.68 bits per heavy atom. The number of nitrogen functional groups attached to an aromatic ring is 2. The van der Waals surface area contributed by atoms with Crippen molar-refractivity contribution in [2.24, 2.45) is 11.8 Å². The van der Waals surface area contributed by atoms with E-state index in [1.54, 1.807) is 0 Å². The quantitative estimate of drug-likeness (QED) is 0.562. The predicted molar refractivity (Wildman–Crippen MR) is 69.3 cm³/mol. The Bertz CT molecular complexity index is 441. The molecule has 8 heteroatoms. The molecule has 6 nitrogen and oxygen atoms in total. The van der Waals surface area contributed by atoms with Crippen LogP contribution in [0.4, 0.5) is 26.1 Å². The van der Waals surface area contributed by atoms with Crippen LogP contribution < -0.4 is 22.3 Å². The highest BCUT2D eigenvalue weighted by Crippen LogP contribution is 2.33. The summed E-state index contributed by atoms with van der Waals surface area (Å²) in [6, 6.07) is -0.204. The van der Waals surface area contributed by atoms with Gasteiger partial charge in [0, 0.05) is 12.0 Å². The summed E-state index contributed by atoms with van der Waals surface area (Å²) in [7, 11) is 0. The van der Waals surface area contributed by atoms with Crippen LogP contribution in [0.2, 0.25) is 0 Å². The van der Waals surface area contributed by atoms with Gasteiger partial charge in [-0.05, 0) is 19.3 Å². The lowest BCUT2D eigenvalue weighted by atomic mass is 9.85. The van der Waals surface area contributed by atoms with E-state index < -0.39 is 12.3 Å². The average molecular weight is 272 g/mol. The van der Waals surface area contributed by atoms with Crippen molar-refractivity contribution in [2.75, 3.05) is 16.5 Å². The number of halogens is 2. The van der Waals surface area contributed by atoms with E-state index in [-0.39, 0.29) is 17.5 Å². The van der Waals surface area contributed by atoms with E-state index in [4.69, 9.17) is 17.3 Å². The molecule has 1 heterocycles. The Labute approximate surface area is 110 Å². The zero-order valence-corrected chi connectivity index (χ0v) is 10.5. The van der Waals surface area contributed by atoms with Crippen LogP contribution in [-0.2, 0) is 0 Å². The van der Waals surface area contributed by atoms with Crippen LogP contribution in [0.1, 0.15) is 25.7 Å². The molecular formula is C11H18F2N6. The number of aromatic nitrogens is 2. The van der Waals surface area contributed by atoms with Gasteiger partial charge in [-0.25, -0.2) is 24.6 Å². The van der Waals surface area contributed by atoms with Gasteiger partial charge in [0.25, 0.3) is 0 Å². The molecule has 0 spiro atoms. The molecular weight excluding hydrogens is 254 g/mol. The summed E-state index contributed by atoms with van der Waals surface area (Å²) in [5.41, 5.74) is 11.5. The van der Waals surface area contributed by atoms with Gasteiger partial charge >= 0.3 is 0 Å². The second-order valence-electron chi connectivity index (χ2n) is 4.82. The summed E-state index contributed by atoms with van der Waals surface area (Å²) in [5, 5.41) is 1.35. The fourth-order valence-corrected chi connectivity index (χ4v) is 2.46. The molecule has 0 aromatic carbocycles. The fourth-order valence-electron chi connectivity index (χ4n) is 2.46. The lowest BCUT2D eigenvalue weighted by molar-refractivity contribution is 0.0508. The van der Waals surface area contributed by atoms with Gasteiger partial charge in [0.2, 0.25) is 6.43 Å². The first-order valence-electron chi connectivity index (χ1n) is 6.18. The van der Waals surface area contributed by atoms with Crippen molar-refractivity contribution in [3.05, 3.63) is 6.33 Å². The lowest BCUT2D eigenvalue weighted by Crippen LogP contribution is -2.45. The minimum absolute atomic E-state index is 0.140. The molecule has 1 aromatic heterocycles. The third-order valence-corrected chi connectivity index (χ3v) is 3.58. The summed E-state index contributed by atoms with van der Waals surface area (Å²) in [5.74, 6) is 5.78. The molecule has 2 rings (SSSR count). The van der Waals surface area contributed by atoms with Crippen LogP contribution in [0.25, 0.3) is 0 Å². The van der Waals surface area contributed by atoms with Gasteiger partial charge in [-0.15, -0.1) is 0 Å². The second-order valence-corrected chi connectivity index (χ2v) is 4.82. The summed E-state index contributed by atoms with van der Waals surface area (Å²) < 4.78 is 25.5. The number of rotatable bonds is 3. The molecule has 2 unspecified atom stereocenters. The molecule has 1 fully saturated rings. The van der Waals surface area contributed by atoms with Gasteiger partial charge in [-0.1, -0.05) is 6.42 Å². The second kappa shape index (κ2) is 5.52. The van der Waals surface area contributed by atoms with E-state index in [9.17, 15) is 8.78 Å². The van der Waals surface area contributed by atoms with Crippen LogP contribution >= 0.6 is 0 Å². The van der Waals surface area contributed by atoms with Gasteiger partial charge < -0.3 is 11.5 Å². The van der Waals surface area contributed by atoms with E-state index in [0.29, 0.717) is 25.1 Å². The Hall–Kier alpha value is -1.70. The van der Waals surface area contributed by atoms with Crippen molar-refractivity contribution in [3.63, 3.8) is 0 Å². The highest BCUT2D eigenvalue weighted by Gasteiger charge is 2.32. The maximum atomic E-state index is 12.8. The summed E-state index contributed by atoms with van der Waals surface area (Å²) in [6.07, 6.45) is 1.26. The number of nitrogens with zero attached hydrogens (tertiary/aromatic N) is 3. The molecule has 1 saturated carbocycles. The largest absolute Gasteiger partial charge is 0.393 e. The van der Waals surface area contributed by atoms with Crippen LogP contribution in [0.15, 0.2) is 6.33 Å². The minimum Gasteiger partial charge on any atom is -0.393 e. The van der Waals surface area contributed by atoms with Gasteiger partial charge in [0.05, 0.1) is 0 Å². The molecule has 106 valence electrons. The summed E-state index contributed by atoms with van der Waals surface area (Å²) in [6.45, 7) is 0. The topological polar surface area (TPSA) is 107 Å². The van der Waals surface area contributed by atoms with Crippen LogP contribution in [0, 0.1) is 5.92 Å². The average Bonchev–Trinajstić information content (AvgIpc) is 2.41. The van der Waals surface area contributed by atoms with E-state index in [0.717, 1.165) is 6.42 Å². The summed E-state index contributed by atoms with van der Waals surface area (Å²) >= 11 is 0. The van der Waals surface area contributed by atoms with Crippen molar-refractivity contribution >= 4 is 17.3 Å². The third-order valence-electron chi connectivity index (χ3n) is 3.58. The Balaban J connectivity index is 2.14. The lowest BCUT2D eigenvalue weighted by Gasteiger charge is -2.35. The number of anilines is 3. The van der Waals surface area contributed by atoms with Gasteiger partial charge in [-0.3, -0.25) is 5.01 Å². The molecule has 6 N–H and O–H groups in total. The van der Waals surface area contributed by atoms with Crippen molar-refractivity contribution in [3.8, 4) is 0 Å². The molecule has 0 amide bonds. The van der Waals surface area contributed by atoms with E-state index >= 15 is 0 Å². The molecule has 19 heavy (non-hydrogen) atoms. The van der Waals surface area contributed by atoms with Crippen molar-refractivity contribution in [1.82, 2.24) is 9.97 Å². The van der Waals surface area contributed by atoms with Crippen molar-refractivity contribution in [2.45, 2.75) is 38.2 Å². The molecule has 1 aromatic rings. The first-order valence-corrected chi connectivity index (χ1v) is 6.18. The first-order chi connectivity index (χ1) is 9.00. The maximum Gasteiger partial charge on any atom is 0.241 e. The predicted octanol–water partition coefficient (Wildman–Crippen LogP) is 1.14. The molecule has 0 aliphatic heterocycles. The van der Waals surface area contributed by atoms with E-state index in [2.05, 4.69) is 9.97 Å². The highest BCUT2D eigenvalue weighted by molar-refractivity contribution is 5.72. The third kappa shape index (κ3) is 2.83. The van der Waals surface area contributed by atoms with Gasteiger partial charge in [-0.2, -0.15) is 0 Å². The molecule has 0 radical (unpaired) electrons. The standard InChI is InChI=1S/C11H18F2N6/c12-9(13)6-2-1-3-7(4-6)19(16)11-8(14)10(15)17-5-18-11/h5-7,9H,1-4,14,16H2,(H2,15,17,18).